The van der Waals surface area contributed by atoms with Gasteiger partial charge in [0.15, 0.2) is 0 Å². The van der Waals surface area contributed by atoms with Crippen LogP contribution in [0.3, 0.4) is 0 Å². The fourth-order valence-corrected chi connectivity index (χ4v) is 3.40. The highest BCUT2D eigenvalue weighted by Crippen LogP contribution is 2.25. The minimum atomic E-state index is -3.47. The van der Waals surface area contributed by atoms with E-state index >= 15 is 0 Å². The van der Waals surface area contributed by atoms with Gasteiger partial charge < -0.3 is 5.11 Å². The minimum absolute atomic E-state index is 0.213. The van der Waals surface area contributed by atoms with Crippen LogP contribution in [0.15, 0.2) is 29.2 Å². The number of aliphatic hydroxyl groups is 1. The number of rotatable bonds is 4. The van der Waals surface area contributed by atoms with E-state index < -0.39 is 10.0 Å². The Kier molecular flexibility index (Phi) is 4.27. The van der Waals surface area contributed by atoms with Gasteiger partial charge in [0, 0.05) is 11.6 Å². The lowest BCUT2D eigenvalue weighted by Gasteiger charge is -2.11. The van der Waals surface area contributed by atoms with Crippen molar-refractivity contribution in [3.8, 4) is 0 Å². The number of benzene rings is 1. The third kappa shape index (κ3) is 3.45. The summed E-state index contributed by atoms with van der Waals surface area (Å²) in [7, 11) is -3.47. The van der Waals surface area contributed by atoms with Crippen molar-refractivity contribution in [2.45, 2.75) is 30.3 Å². The molecule has 18 heavy (non-hydrogen) atoms. The van der Waals surface area contributed by atoms with Crippen LogP contribution < -0.4 is 4.72 Å². The minimum Gasteiger partial charge on any atom is -0.393 e. The Morgan fingerprint density at radius 2 is 1.94 bits per heavy atom. The fraction of sp³-hybridized carbons (Fsp3) is 0.500. The van der Waals surface area contributed by atoms with Gasteiger partial charge in [-0.1, -0.05) is 11.6 Å². The van der Waals surface area contributed by atoms with Crippen LogP contribution in [-0.2, 0) is 10.0 Å². The van der Waals surface area contributed by atoms with E-state index in [1.54, 1.807) is 12.1 Å². The number of hydrogen-bond donors (Lipinski definition) is 2. The Labute approximate surface area is 112 Å². The molecule has 100 valence electrons. The second-order valence-corrected chi connectivity index (χ2v) is 6.84. The molecule has 0 aliphatic heterocycles. The summed E-state index contributed by atoms with van der Waals surface area (Å²) in [5.41, 5.74) is 0. The highest BCUT2D eigenvalue weighted by Gasteiger charge is 2.24. The lowest BCUT2D eigenvalue weighted by Crippen LogP contribution is -2.28. The molecule has 2 atom stereocenters. The average molecular weight is 290 g/mol. The molecule has 1 fully saturated rings. The molecule has 2 unspecified atom stereocenters. The molecule has 0 heterocycles. The molecule has 2 rings (SSSR count). The van der Waals surface area contributed by atoms with Crippen LogP contribution >= 0.6 is 11.6 Å². The van der Waals surface area contributed by atoms with Crippen LogP contribution in [0, 0.1) is 5.92 Å². The molecule has 0 radical (unpaired) electrons. The van der Waals surface area contributed by atoms with Gasteiger partial charge in [0.2, 0.25) is 10.0 Å². The first-order valence-corrected chi connectivity index (χ1v) is 7.77. The van der Waals surface area contributed by atoms with Gasteiger partial charge in [0.05, 0.1) is 11.0 Å². The monoisotopic (exact) mass is 289 g/mol. The van der Waals surface area contributed by atoms with E-state index in [0.29, 0.717) is 18.0 Å². The lowest BCUT2D eigenvalue weighted by atomic mass is 10.1. The molecule has 1 aromatic carbocycles. The highest BCUT2D eigenvalue weighted by atomic mass is 35.5. The van der Waals surface area contributed by atoms with Crippen LogP contribution in [-0.4, -0.2) is 26.2 Å². The number of sulfonamides is 1. The normalized spacial score (nSPS) is 24.3. The fourth-order valence-electron chi connectivity index (χ4n) is 2.16. The van der Waals surface area contributed by atoms with Gasteiger partial charge in [-0.15, -0.1) is 0 Å². The largest absolute Gasteiger partial charge is 0.393 e. The molecule has 0 bridgehead atoms. The predicted octanol–water partition coefficient (Wildman–Crippen LogP) is 1.78. The summed E-state index contributed by atoms with van der Waals surface area (Å²) in [6, 6.07) is 6.06. The summed E-state index contributed by atoms with van der Waals surface area (Å²) < 4.78 is 26.5. The zero-order valence-corrected chi connectivity index (χ0v) is 11.4. The summed E-state index contributed by atoms with van der Waals surface area (Å²) in [5.74, 6) is 0.224. The van der Waals surface area contributed by atoms with Crippen molar-refractivity contribution in [3.63, 3.8) is 0 Å². The number of aliphatic hydroxyl groups excluding tert-OH is 1. The van der Waals surface area contributed by atoms with Gasteiger partial charge in [0.1, 0.15) is 0 Å². The number of nitrogens with one attached hydrogen (secondary N) is 1. The second kappa shape index (κ2) is 5.57. The van der Waals surface area contributed by atoms with Gasteiger partial charge in [0.25, 0.3) is 0 Å². The third-order valence-corrected chi connectivity index (χ3v) is 4.89. The first-order chi connectivity index (χ1) is 8.47. The Morgan fingerprint density at radius 3 is 2.50 bits per heavy atom. The van der Waals surface area contributed by atoms with Crippen molar-refractivity contribution in [2.75, 3.05) is 6.54 Å². The average Bonchev–Trinajstić information content (AvgIpc) is 2.73. The maximum absolute atomic E-state index is 12.0. The van der Waals surface area contributed by atoms with Crippen molar-refractivity contribution in [1.82, 2.24) is 4.72 Å². The van der Waals surface area contributed by atoms with Crippen molar-refractivity contribution < 1.29 is 13.5 Å². The predicted molar refractivity (Wildman–Crippen MR) is 70.0 cm³/mol. The zero-order chi connectivity index (χ0) is 13.2. The van der Waals surface area contributed by atoms with Gasteiger partial charge in [-0.25, -0.2) is 13.1 Å². The Balaban J connectivity index is 1.97. The van der Waals surface area contributed by atoms with E-state index in [9.17, 15) is 13.5 Å². The van der Waals surface area contributed by atoms with E-state index in [1.807, 2.05) is 0 Å². The molecule has 1 aliphatic rings. The van der Waals surface area contributed by atoms with Gasteiger partial charge in [-0.3, -0.25) is 0 Å². The molecule has 0 spiro atoms. The Morgan fingerprint density at radius 1 is 1.28 bits per heavy atom. The maximum Gasteiger partial charge on any atom is 0.240 e. The van der Waals surface area contributed by atoms with Crippen molar-refractivity contribution in [3.05, 3.63) is 29.3 Å². The number of hydrogen-bond acceptors (Lipinski definition) is 3. The van der Waals surface area contributed by atoms with Gasteiger partial charge in [-0.2, -0.15) is 0 Å². The molecule has 4 nitrogen and oxygen atoms in total. The summed E-state index contributed by atoms with van der Waals surface area (Å²) in [5, 5.41) is 9.89. The molecule has 1 saturated carbocycles. The lowest BCUT2D eigenvalue weighted by molar-refractivity contribution is 0.178. The van der Waals surface area contributed by atoms with Crippen LogP contribution in [0.2, 0.25) is 5.02 Å². The van der Waals surface area contributed by atoms with E-state index in [-0.39, 0.29) is 16.9 Å². The molecule has 0 saturated heterocycles. The van der Waals surface area contributed by atoms with Gasteiger partial charge in [-0.05, 0) is 49.4 Å². The molecular formula is C12H16ClNO3S. The van der Waals surface area contributed by atoms with E-state index in [2.05, 4.69) is 4.72 Å². The van der Waals surface area contributed by atoms with Crippen LogP contribution in [0.5, 0.6) is 0 Å². The topological polar surface area (TPSA) is 66.4 Å². The SMILES string of the molecule is O=S(=O)(NCC1CCC(O)C1)c1ccc(Cl)cc1. The van der Waals surface area contributed by atoms with Crippen molar-refractivity contribution in [1.29, 1.82) is 0 Å². The Hall–Kier alpha value is -0.620. The van der Waals surface area contributed by atoms with E-state index in [1.165, 1.54) is 12.1 Å². The molecule has 2 N–H and O–H groups in total. The van der Waals surface area contributed by atoms with Crippen LogP contribution in [0.4, 0.5) is 0 Å². The molecule has 1 aliphatic carbocycles. The number of halogens is 1. The summed E-state index contributed by atoms with van der Waals surface area (Å²) in [6.07, 6.45) is 2.01. The van der Waals surface area contributed by atoms with E-state index in [4.69, 9.17) is 11.6 Å². The van der Waals surface area contributed by atoms with Gasteiger partial charge >= 0.3 is 0 Å². The standard InChI is InChI=1S/C12H16ClNO3S/c13-10-2-5-12(6-3-10)18(16,17)14-8-9-1-4-11(15)7-9/h2-3,5-6,9,11,14-15H,1,4,7-8H2. The quantitative estimate of drug-likeness (QED) is 0.888. The summed E-state index contributed by atoms with van der Waals surface area (Å²) >= 11 is 5.72. The molecule has 6 heteroatoms. The smallest absolute Gasteiger partial charge is 0.240 e. The highest BCUT2D eigenvalue weighted by molar-refractivity contribution is 7.89. The zero-order valence-electron chi connectivity index (χ0n) is 9.84. The van der Waals surface area contributed by atoms with Crippen molar-refractivity contribution >= 4 is 21.6 Å². The maximum atomic E-state index is 12.0. The van der Waals surface area contributed by atoms with Crippen LogP contribution in [0.25, 0.3) is 0 Å². The Bertz CT molecular complexity index is 501. The van der Waals surface area contributed by atoms with E-state index in [0.717, 1.165) is 12.8 Å². The first-order valence-electron chi connectivity index (χ1n) is 5.90. The second-order valence-electron chi connectivity index (χ2n) is 4.64. The molecular weight excluding hydrogens is 274 g/mol. The summed E-state index contributed by atoms with van der Waals surface area (Å²) in [4.78, 5) is 0.213. The summed E-state index contributed by atoms with van der Waals surface area (Å²) in [6.45, 7) is 0.377. The molecule has 0 amide bonds. The third-order valence-electron chi connectivity index (χ3n) is 3.20. The molecule has 0 aromatic heterocycles. The van der Waals surface area contributed by atoms with Crippen LogP contribution in [0.1, 0.15) is 19.3 Å². The molecule has 1 aromatic rings. The first kappa shape index (κ1) is 13.8. The van der Waals surface area contributed by atoms with Crippen molar-refractivity contribution in [2.24, 2.45) is 5.92 Å².